The zero-order chi connectivity index (χ0) is 26.7. The summed E-state index contributed by atoms with van der Waals surface area (Å²) in [6, 6.07) is 22.2. The highest BCUT2D eigenvalue weighted by Crippen LogP contribution is 2.34. The Morgan fingerprint density at radius 2 is 1.53 bits per heavy atom. The maximum Gasteiger partial charge on any atom is 0.243 e. The maximum absolute atomic E-state index is 13.8. The lowest BCUT2D eigenvalue weighted by molar-refractivity contribution is -0.117. The molecule has 2 N–H and O–H groups in total. The Bertz CT molecular complexity index is 1380. The first-order chi connectivity index (χ1) is 18.4. The summed E-state index contributed by atoms with van der Waals surface area (Å²) < 4.78 is 35.9. The summed E-state index contributed by atoms with van der Waals surface area (Å²) in [4.78, 5) is 16.9. The van der Waals surface area contributed by atoms with Gasteiger partial charge in [0.1, 0.15) is 10.6 Å². The van der Waals surface area contributed by atoms with Gasteiger partial charge in [-0.3, -0.25) is 4.79 Å². The molecule has 3 aromatic rings. The van der Waals surface area contributed by atoms with Gasteiger partial charge in [-0.1, -0.05) is 42.5 Å². The molecule has 1 atom stereocenters. The van der Waals surface area contributed by atoms with Gasteiger partial charge in [0.2, 0.25) is 15.9 Å². The van der Waals surface area contributed by atoms with E-state index in [1.54, 1.807) is 19.2 Å². The Morgan fingerprint density at radius 1 is 0.895 bits per heavy atom. The average Bonchev–Trinajstić information content (AvgIpc) is 3.79. The predicted octanol–water partition coefficient (Wildman–Crippen LogP) is 4.41. The van der Waals surface area contributed by atoms with Gasteiger partial charge >= 0.3 is 0 Å². The summed E-state index contributed by atoms with van der Waals surface area (Å²) >= 11 is 0. The fraction of sp³-hybridized carbons (Fsp3) is 0.345. The van der Waals surface area contributed by atoms with Crippen LogP contribution in [0.25, 0.3) is 0 Å². The van der Waals surface area contributed by atoms with Crippen LogP contribution in [0.5, 0.6) is 5.75 Å². The summed E-state index contributed by atoms with van der Waals surface area (Å²) in [5.41, 5.74) is 3.02. The summed E-state index contributed by atoms with van der Waals surface area (Å²) in [7, 11) is -2.24. The van der Waals surface area contributed by atoms with E-state index in [2.05, 4.69) is 19.8 Å². The molecule has 1 amide bonds. The molecular formula is C29H34N4O4S. The lowest BCUT2D eigenvalue weighted by Gasteiger charge is -2.38. The Hall–Kier alpha value is -3.56. The van der Waals surface area contributed by atoms with E-state index in [9.17, 15) is 13.2 Å². The van der Waals surface area contributed by atoms with Crippen molar-refractivity contribution >= 4 is 33.0 Å². The number of nitrogens with zero attached hydrogens (tertiary/aromatic N) is 2. The van der Waals surface area contributed by atoms with Gasteiger partial charge in [-0.2, -0.15) is 0 Å². The lowest BCUT2D eigenvalue weighted by atomic mass is 10.1. The van der Waals surface area contributed by atoms with Crippen LogP contribution in [0, 0.1) is 5.92 Å². The van der Waals surface area contributed by atoms with Crippen molar-refractivity contribution in [1.82, 2.24) is 4.72 Å². The number of hydrogen-bond acceptors (Lipinski definition) is 6. The molecule has 1 heterocycles. The molecule has 1 saturated heterocycles. The third-order valence-electron chi connectivity index (χ3n) is 7.14. The molecule has 0 radical (unpaired) electrons. The highest BCUT2D eigenvalue weighted by Gasteiger charge is 2.31. The lowest BCUT2D eigenvalue weighted by Crippen LogP contribution is -2.47. The van der Waals surface area contributed by atoms with Crippen LogP contribution in [0.4, 0.5) is 17.1 Å². The molecule has 5 rings (SSSR count). The second-order valence-corrected chi connectivity index (χ2v) is 11.5. The number of sulfonamides is 1. The minimum atomic E-state index is -3.90. The van der Waals surface area contributed by atoms with Gasteiger partial charge in [0.05, 0.1) is 18.5 Å². The van der Waals surface area contributed by atoms with Crippen molar-refractivity contribution < 1.29 is 17.9 Å². The van der Waals surface area contributed by atoms with Crippen molar-refractivity contribution in [3.8, 4) is 5.75 Å². The molecule has 0 aromatic heterocycles. The molecule has 200 valence electrons. The first-order valence-corrected chi connectivity index (χ1v) is 14.5. The fourth-order valence-electron chi connectivity index (χ4n) is 4.84. The van der Waals surface area contributed by atoms with Crippen molar-refractivity contribution in [2.45, 2.75) is 30.7 Å². The molecule has 1 aliphatic heterocycles. The highest BCUT2D eigenvalue weighted by molar-refractivity contribution is 7.89. The number of carbonyl (C=O) groups excluding carboxylic acids is 1. The third kappa shape index (κ3) is 5.79. The van der Waals surface area contributed by atoms with Crippen molar-refractivity contribution in [2.75, 3.05) is 48.4 Å². The Kier molecular flexibility index (Phi) is 7.58. The first-order valence-electron chi connectivity index (χ1n) is 13.0. The number of para-hydroxylation sites is 2. The molecular weight excluding hydrogens is 500 g/mol. The second-order valence-electron chi connectivity index (χ2n) is 9.85. The molecule has 38 heavy (non-hydrogen) atoms. The number of methoxy groups -OCH3 is 1. The molecule has 0 unspecified atom stereocenters. The van der Waals surface area contributed by atoms with Gasteiger partial charge in [0, 0.05) is 43.8 Å². The van der Waals surface area contributed by atoms with E-state index in [1.807, 2.05) is 67.6 Å². The van der Waals surface area contributed by atoms with Crippen LogP contribution < -0.4 is 24.6 Å². The topological polar surface area (TPSA) is 91.0 Å². The van der Waals surface area contributed by atoms with Gasteiger partial charge in [-0.05, 0) is 55.7 Å². The maximum atomic E-state index is 13.8. The summed E-state index contributed by atoms with van der Waals surface area (Å²) in [5.74, 6) is 0.783. The van der Waals surface area contributed by atoms with Crippen molar-refractivity contribution in [3.63, 3.8) is 0 Å². The number of benzene rings is 3. The van der Waals surface area contributed by atoms with Crippen molar-refractivity contribution in [1.29, 1.82) is 0 Å². The molecule has 1 aliphatic carbocycles. The van der Waals surface area contributed by atoms with Crippen LogP contribution in [0.3, 0.4) is 0 Å². The van der Waals surface area contributed by atoms with Gasteiger partial charge in [-0.25, -0.2) is 13.1 Å². The Balaban J connectivity index is 1.41. The summed E-state index contributed by atoms with van der Waals surface area (Å²) in [6.07, 6.45) is 1.75. The molecule has 1 saturated carbocycles. The number of anilines is 3. The average molecular weight is 535 g/mol. The predicted molar refractivity (Wildman–Crippen MR) is 150 cm³/mol. The van der Waals surface area contributed by atoms with Gasteiger partial charge in [-0.15, -0.1) is 0 Å². The SMILES string of the molecule is COc1ccccc1N1CCN(c2ccc(NC(=O)C3CC3)cc2S(=O)(=O)N[C@@H](C)c2ccccc2)CC1. The van der Waals surface area contributed by atoms with Gasteiger partial charge < -0.3 is 19.9 Å². The van der Waals surface area contributed by atoms with Crippen molar-refractivity contribution in [2.24, 2.45) is 5.92 Å². The normalized spacial score (nSPS) is 16.7. The Labute approximate surface area is 224 Å². The number of rotatable bonds is 9. The smallest absolute Gasteiger partial charge is 0.243 e. The number of carbonyl (C=O) groups is 1. The standard InChI is InChI=1S/C29H34N4O4S/c1-21(22-8-4-3-5-9-22)31-38(35,36)28-20-24(30-29(34)23-12-13-23)14-15-26(28)33-18-16-32(17-19-33)25-10-6-7-11-27(25)37-2/h3-11,14-15,20-21,23,31H,12-13,16-19H2,1-2H3,(H,30,34)/t21-/m0/s1. The van der Waals surface area contributed by atoms with Gasteiger partial charge in [0.15, 0.2) is 0 Å². The monoisotopic (exact) mass is 534 g/mol. The molecule has 2 fully saturated rings. The van der Waals surface area contributed by atoms with E-state index >= 15 is 0 Å². The molecule has 9 heteroatoms. The van der Waals surface area contributed by atoms with Crippen LogP contribution in [0.2, 0.25) is 0 Å². The van der Waals surface area contributed by atoms with E-state index in [4.69, 9.17) is 4.74 Å². The van der Waals surface area contributed by atoms with Crippen molar-refractivity contribution in [3.05, 3.63) is 78.4 Å². The van der Waals surface area contributed by atoms with E-state index in [0.717, 1.165) is 29.8 Å². The largest absolute Gasteiger partial charge is 0.495 e. The van der Waals surface area contributed by atoms with Crippen LogP contribution in [-0.4, -0.2) is 47.6 Å². The minimum absolute atomic E-state index is 0.0222. The number of piperazine rings is 1. The van der Waals surface area contributed by atoms with Crippen LogP contribution in [0.15, 0.2) is 77.7 Å². The fourth-order valence-corrected chi connectivity index (χ4v) is 6.33. The van der Waals surface area contributed by atoms with Crippen LogP contribution in [0.1, 0.15) is 31.4 Å². The van der Waals surface area contributed by atoms with E-state index in [-0.39, 0.29) is 16.7 Å². The third-order valence-corrected chi connectivity index (χ3v) is 8.71. The van der Waals surface area contributed by atoms with Crippen LogP contribution in [-0.2, 0) is 14.8 Å². The quantitative estimate of drug-likeness (QED) is 0.423. The van der Waals surface area contributed by atoms with E-state index in [0.29, 0.717) is 37.6 Å². The summed E-state index contributed by atoms with van der Waals surface area (Å²) in [6.45, 7) is 4.55. The zero-order valence-electron chi connectivity index (χ0n) is 21.8. The molecule has 3 aromatic carbocycles. The first kappa shape index (κ1) is 26.1. The second kappa shape index (κ2) is 11.0. The number of hydrogen-bond donors (Lipinski definition) is 2. The van der Waals surface area contributed by atoms with E-state index < -0.39 is 16.1 Å². The zero-order valence-corrected chi connectivity index (χ0v) is 22.6. The summed E-state index contributed by atoms with van der Waals surface area (Å²) in [5, 5.41) is 2.90. The number of ether oxygens (including phenoxy) is 1. The van der Waals surface area contributed by atoms with E-state index in [1.165, 1.54) is 0 Å². The molecule has 2 aliphatic rings. The number of amides is 1. The molecule has 0 spiro atoms. The van der Waals surface area contributed by atoms with Crippen LogP contribution >= 0.6 is 0 Å². The molecule has 0 bridgehead atoms. The highest BCUT2D eigenvalue weighted by atomic mass is 32.2. The van der Waals surface area contributed by atoms with Gasteiger partial charge in [0.25, 0.3) is 0 Å². The molecule has 8 nitrogen and oxygen atoms in total. The minimum Gasteiger partial charge on any atom is -0.495 e. The number of nitrogens with one attached hydrogen (secondary N) is 2. The Morgan fingerprint density at radius 3 is 2.18 bits per heavy atom.